The van der Waals surface area contributed by atoms with Gasteiger partial charge in [-0.3, -0.25) is 4.79 Å². The highest BCUT2D eigenvalue weighted by Gasteiger charge is 2.34. The van der Waals surface area contributed by atoms with Gasteiger partial charge in [0.1, 0.15) is 0 Å². The molecule has 1 aliphatic heterocycles. The van der Waals surface area contributed by atoms with E-state index in [1.165, 1.54) is 32.1 Å². The first-order valence-electron chi connectivity index (χ1n) is 8.35. The van der Waals surface area contributed by atoms with Crippen LogP contribution < -0.4 is 10.6 Å². The fraction of sp³-hybridized carbons (Fsp3) is 0.611. The molecule has 1 aliphatic carbocycles. The fourth-order valence-electron chi connectivity index (χ4n) is 3.84. The van der Waals surface area contributed by atoms with Gasteiger partial charge in [0.05, 0.1) is 12.1 Å². The molecule has 3 rings (SSSR count). The van der Waals surface area contributed by atoms with Gasteiger partial charge < -0.3 is 10.6 Å². The van der Waals surface area contributed by atoms with Crippen LogP contribution in [0.5, 0.6) is 0 Å². The molecule has 1 heterocycles. The zero-order valence-electron chi connectivity index (χ0n) is 12.8. The number of hydrogen-bond donors (Lipinski definition) is 2. The Morgan fingerprint density at radius 3 is 2.71 bits per heavy atom. The lowest BCUT2D eigenvalue weighted by atomic mass is 9.77. The highest BCUT2D eigenvalue weighted by molar-refractivity contribution is 5.82. The Kier molecular flexibility index (Phi) is 4.59. The topological polar surface area (TPSA) is 41.1 Å². The maximum absolute atomic E-state index is 12.5. The van der Waals surface area contributed by atoms with Crippen molar-refractivity contribution < 1.29 is 4.79 Å². The van der Waals surface area contributed by atoms with E-state index in [1.807, 2.05) is 18.2 Å². The smallest absolute Gasteiger partial charge is 0.237 e. The van der Waals surface area contributed by atoms with Gasteiger partial charge in [-0.25, -0.2) is 0 Å². The molecule has 1 aromatic rings. The lowest BCUT2D eigenvalue weighted by Gasteiger charge is -2.40. The molecule has 1 aromatic carbocycles. The Morgan fingerprint density at radius 2 is 1.90 bits per heavy atom. The molecule has 2 aliphatic rings. The number of rotatable bonds is 3. The van der Waals surface area contributed by atoms with E-state index >= 15 is 0 Å². The van der Waals surface area contributed by atoms with Gasteiger partial charge in [-0.15, -0.1) is 0 Å². The summed E-state index contributed by atoms with van der Waals surface area (Å²) in [6.45, 7) is 2.06. The van der Waals surface area contributed by atoms with Gasteiger partial charge >= 0.3 is 0 Å². The molecule has 2 fully saturated rings. The molecule has 1 saturated carbocycles. The van der Waals surface area contributed by atoms with Gasteiger partial charge in [0, 0.05) is 6.04 Å². The largest absolute Gasteiger partial charge is 0.348 e. The second-order valence-corrected chi connectivity index (χ2v) is 6.59. The summed E-state index contributed by atoms with van der Waals surface area (Å²) >= 11 is 0. The highest BCUT2D eigenvalue weighted by atomic mass is 16.2. The van der Waals surface area contributed by atoms with Crippen molar-refractivity contribution in [3.63, 3.8) is 0 Å². The Hall–Kier alpha value is -1.35. The molecule has 4 unspecified atom stereocenters. The quantitative estimate of drug-likeness (QED) is 0.896. The maximum Gasteiger partial charge on any atom is 0.237 e. The van der Waals surface area contributed by atoms with E-state index in [-0.39, 0.29) is 18.0 Å². The second kappa shape index (κ2) is 6.61. The molecule has 1 amide bonds. The van der Waals surface area contributed by atoms with E-state index in [0.717, 1.165) is 17.9 Å². The normalized spacial score (nSPS) is 30.2. The number of amides is 1. The number of fused-ring (bicyclic) bond motifs is 1. The SMILES string of the molecule is CC(NC(=O)C1CCC2CCCCC2N1)c1ccccc1. The predicted molar refractivity (Wildman–Crippen MR) is 84.9 cm³/mol. The number of nitrogens with one attached hydrogen (secondary N) is 2. The van der Waals surface area contributed by atoms with Crippen LogP contribution in [0.4, 0.5) is 0 Å². The number of hydrogen-bond acceptors (Lipinski definition) is 2. The minimum absolute atomic E-state index is 0.00416. The van der Waals surface area contributed by atoms with E-state index in [2.05, 4.69) is 29.7 Å². The Bertz CT molecular complexity index is 473. The lowest BCUT2D eigenvalue weighted by Crippen LogP contribution is -2.55. The minimum atomic E-state index is -0.00416. The third-order valence-electron chi connectivity index (χ3n) is 5.13. The van der Waals surface area contributed by atoms with Crippen molar-refractivity contribution in [1.82, 2.24) is 10.6 Å². The molecule has 114 valence electrons. The first kappa shape index (κ1) is 14.6. The van der Waals surface area contributed by atoms with Crippen molar-refractivity contribution >= 4 is 5.91 Å². The minimum Gasteiger partial charge on any atom is -0.348 e. The summed E-state index contributed by atoms with van der Waals surface area (Å²) < 4.78 is 0. The summed E-state index contributed by atoms with van der Waals surface area (Å²) in [6.07, 6.45) is 7.44. The number of benzene rings is 1. The van der Waals surface area contributed by atoms with Crippen LogP contribution in [0.3, 0.4) is 0 Å². The van der Waals surface area contributed by atoms with Gasteiger partial charge in [0.15, 0.2) is 0 Å². The summed E-state index contributed by atoms with van der Waals surface area (Å²) in [6, 6.07) is 10.8. The van der Waals surface area contributed by atoms with E-state index in [0.29, 0.717) is 6.04 Å². The van der Waals surface area contributed by atoms with Gasteiger partial charge in [0.25, 0.3) is 0 Å². The van der Waals surface area contributed by atoms with Crippen molar-refractivity contribution in [3.8, 4) is 0 Å². The molecule has 3 heteroatoms. The van der Waals surface area contributed by atoms with Crippen LogP contribution >= 0.6 is 0 Å². The molecule has 2 N–H and O–H groups in total. The zero-order chi connectivity index (χ0) is 14.7. The molecular formula is C18H26N2O. The van der Waals surface area contributed by atoms with Gasteiger partial charge in [-0.05, 0) is 44.1 Å². The molecule has 0 radical (unpaired) electrons. The molecule has 0 bridgehead atoms. The first-order valence-corrected chi connectivity index (χ1v) is 8.35. The van der Waals surface area contributed by atoms with Crippen LogP contribution in [0, 0.1) is 5.92 Å². The van der Waals surface area contributed by atoms with Crippen molar-refractivity contribution in [3.05, 3.63) is 35.9 Å². The number of carbonyl (C=O) groups excluding carboxylic acids is 1. The van der Waals surface area contributed by atoms with Crippen LogP contribution in [0.2, 0.25) is 0 Å². The van der Waals surface area contributed by atoms with Gasteiger partial charge in [-0.1, -0.05) is 43.2 Å². The maximum atomic E-state index is 12.5. The number of piperidine rings is 1. The van der Waals surface area contributed by atoms with E-state index in [9.17, 15) is 4.79 Å². The van der Waals surface area contributed by atoms with E-state index in [1.54, 1.807) is 0 Å². The third kappa shape index (κ3) is 3.46. The first-order chi connectivity index (χ1) is 10.2. The fourth-order valence-corrected chi connectivity index (χ4v) is 3.84. The van der Waals surface area contributed by atoms with Crippen molar-refractivity contribution in [1.29, 1.82) is 0 Å². The summed E-state index contributed by atoms with van der Waals surface area (Å²) in [5.74, 6) is 0.963. The predicted octanol–water partition coefficient (Wildman–Crippen LogP) is 3.17. The average molecular weight is 286 g/mol. The third-order valence-corrected chi connectivity index (χ3v) is 5.13. The average Bonchev–Trinajstić information content (AvgIpc) is 2.55. The van der Waals surface area contributed by atoms with Crippen molar-refractivity contribution in [2.75, 3.05) is 0 Å². The summed E-state index contributed by atoms with van der Waals surface area (Å²) in [7, 11) is 0. The Labute approximate surface area is 127 Å². The molecule has 0 spiro atoms. The number of carbonyl (C=O) groups is 1. The van der Waals surface area contributed by atoms with Crippen LogP contribution in [0.1, 0.15) is 57.1 Å². The Balaban J connectivity index is 1.56. The zero-order valence-corrected chi connectivity index (χ0v) is 12.8. The van der Waals surface area contributed by atoms with Crippen molar-refractivity contribution in [2.45, 2.75) is 63.6 Å². The van der Waals surface area contributed by atoms with Gasteiger partial charge in [0.2, 0.25) is 5.91 Å². The summed E-state index contributed by atoms with van der Waals surface area (Å²) in [5.41, 5.74) is 1.16. The standard InChI is InChI=1S/C18H26N2O/c1-13(14-7-3-2-4-8-14)19-18(21)17-12-11-15-9-5-6-10-16(15)20-17/h2-4,7-8,13,15-17,20H,5-6,9-12H2,1H3,(H,19,21). The summed E-state index contributed by atoms with van der Waals surface area (Å²) in [4.78, 5) is 12.5. The second-order valence-electron chi connectivity index (χ2n) is 6.59. The molecular weight excluding hydrogens is 260 g/mol. The molecule has 0 aromatic heterocycles. The summed E-state index contributed by atoms with van der Waals surface area (Å²) in [5, 5.41) is 6.76. The molecule has 4 atom stereocenters. The van der Waals surface area contributed by atoms with E-state index in [4.69, 9.17) is 0 Å². The van der Waals surface area contributed by atoms with Crippen LogP contribution in [-0.2, 0) is 4.79 Å². The molecule has 1 saturated heterocycles. The molecule has 3 nitrogen and oxygen atoms in total. The Morgan fingerprint density at radius 1 is 1.14 bits per heavy atom. The van der Waals surface area contributed by atoms with Crippen LogP contribution in [0.15, 0.2) is 30.3 Å². The van der Waals surface area contributed by atoms with Crippen LogP contribution in [0.25, 0.3) is 0 Å². The highest BCUT2D eigenvalue weighted by Crippen LogP contribution is 2.32. The van der Waals surface area contributed by atoms with Crippen molar-refractivity contribution in [2.24, 2.45) is 5.92 Å². The molecule has 21 heavy (non-hydrogen) atoms. The van der Waals surface area contributed by atoms with Gasteiger partial charge in [-0.2, -0.15) is 0 Å². The monoisotopic (exact) mass is 286 g/mol. The van der Waals surface area contributed by atoms with Crippen LogP contribution in [-0.4, -0.2) is 18.0 Å². The lowest BCUT2D eigenvalue weighted by molar-refractivity contribution is -0.125. The van der Waals surface area contributed by atoms with E-state index < -0.39 is 0 Å².